The molecule has 1 aliphatic rings. The number of hydrogen-bond donors (Lipinski definition) is 1. The molecule has 2 aromatic carbocycles. The Kier molecular flexibility index (Phi) is 5.52. The zero-order valence-corrected chi connectivity index (χ0v) is 14.6. The van der Waals surface area contributed by atoms with Gasteiger partial charge in [0.2, 0.25) is 5.91 Å². The van der Waals surface area contributed by atoms with E-state index in [2.05, 4.69) is 5.32 Å². The van der Waals surface area contributed by atoms with Crippen molar-refractivity contribution < 1.29 is 18.4 Å². The smallest absolute Gasteiger partial charge is 0.255 e. The quantitative estimate of drug-likeness (QED) is 0.817. The third-order valence-corrected chi connectivity index (χ3v) is 4.75. The number of carbonyl (C=O) groups is 2. The van der Waals surface area contributed by atoms with Crippen LogP contribution in [0.25, 0.3) is 0 Å². The predicted molar refractivity (Wildman–Crippen MR) is 95.1 cm³/mol. The first kappa shape index (κ1) is 18.3. The molecule has 0 atom stereocenters. The van der Waals surface area contributed by atoms with E-state index in [0.717, 1.165) is 17.8 Å². The molecule has 1 N–H and O–H groups in total. The van der Waals surface area contributed by atoms with Crippen molar-refractivity contribution in [3.8, 4) is 0 Å². The highest BCUT2D eigenvalue weighted by Crippen LogP contribution is 2.25. The van der Waals surface area contributed by atoms with Gasteiger partial charge >= 0.3 is 0 Å². The van der Waals surface area contributed by atoms with Crippen molar-refractivity contribution in [2.45, 2.75) is 12.8 Å². The summed E-state index contributed by atoms with van der Waals surface area (Å²) < 4.78 is 26.6. The van der Waals surface area contributed by atoms with Crippen LogP contribution in [0.3, 0.4) is 0 Å². The lowest BCUT2D eigenvalue weighted by atomic mass is 9.95. The third-order valence-electron chi connectivity index (χ3n) is 4.43. The van der Waals surface area contributed by atoms with Crippen molar-refractivity contribution in [1.82, 2.24) is 4.90 Å². The molecule has 2 amide bonds. The van der Waals surface area contributed by atoms with E-state index in [1.54, 1.807) is 0 Å². The number of nitrogens with zero attached hydrogens (tertiary/aromatic N) is 1. The van der Waals surface area contributed by atoms with E-state index in [1.807, 2.05) is 30.3 Å². The fourth-order valence-corrected chi connectivity index (χ4v) is 3.20. The molecule has 1 aliphatic heterocycles. The molecule has 1 fully saturated rings. The van der Waals surface area contributed by atoms with Crippen LogP contribution in [-0.4, -0.2) is 29.8 Å². The van der Waals surface area contributed by atoms with E-state index in [-0.39, 0.29) is 22.4 Å². The average molecular weight is 379 g/mol. The van der Waals surface area contributed by atoms with Gasteiger partial charge in [-0.05, 0) is 37.1 Å². The SMILES string of the molecule is O=C(Nc1ccccc1)C1CCN(C(=O)c2cc(F)c(F)cc2Cl)CC1. The second-order valence-corrected chi connectivity index (χ2v) is 6.58. The van der Waals surface area contributed by atoms with Crippen molar-refractivity contribution in [1.29, 1.82) is 0 Å². The Morgan fingerprint density at radius 1 is 1.04 bits per heavy atom. The maximum absolute atomic E-state index is 13.4. The summed E-state index contributed by atoms with van der Waals surface area (Å²) in [6.07, 6.45) is 0.984. The third kappa shape index (κ3) is 4.02. The Labute approximate surface area is 154 Å². The Morgan fingerprint density at radius 2 is 1.65 bits per heavy atom. The molecule has 7 heteroatoms. The van der Waals surface area contributed by atoms with E-state index in [1.165, 1.54) is 4.90 Å². The summed E-state index contributed by atoms with van der Waals surface area (Å²) in [5, 5.41) is 2.73. The monoisotopic (exact) mass is 378 g/mol. The summed E-state index contributed by atoms with van der Waals surface area (Å²) in [4.78, 5) is 26.3. The van der Waals surface area contributed by atoms with Crippen LogP contribution in [0.5, 0.6) is 0 Å². The minimum Gasteiger partial charge on any atom is -0.339 e. The van der Waals surface area contributed by atoms with E-state index in [4.69, 9.17) is 11.6 Å². The molecule has 3 rings (SSSR count). The van der Waals surface area contributed by atoms with Gasteiger partial charge in [-0.2, -0.15) is 0 Å². The molecule has 0 bridgehead atoms. The maximum Gasteiger partial charge on any atom is 0.255 e. The molecule has 2 aromatic rings. The van der Waals surface area contributed by atoms with Crippen molar-refractivity contribution in [2.24, 2.45) is 5.92 Å². The number of nitrogens with one attached hydrogen (secondary N) is 1. The highest BCUT2D eigenvalue weighted by Gasteiger charge is 2.29. The van der Waals surface area contributed by atoms with Crippen LogP contribution in [0.15, 0.2) is 42.5 Å². The summed E-state index contributed by atoms with van der Waals surface area (Å²) >= 11 is 5.87. The molecule has 0 radical (unpaired) electrons. The topological polar surface area (TPSA) is 49.4 Å². The molecule has 26 heavy (non-hydrogen) atoms. The van der Waals surface area contributed by atoms with E-state index in [9.17, 15) is 18.4 Å². The molecular weight excluding hydrogens is 362 g/mol. The second kappa shape index (κ2) is 7.83. The molecule has 4 nitrogen and oxygen atoms in total. The predicted octanol–water partition coefficient (Wildman–Crippen LogP) is 4.11. The zero-order chi connectivity index (χ0) is 18.7. The highest BCUT2D eigenvalue weighted by molar-refractivity contribution is 6.33. The molecule has 1 saturated heterocycles. The number of halogens is 3. The van der Waals surface area contributed by atoms with Gasteiger partial charge in [0, 0.05) is 24.7 Å². The summed E-state index contributed by atoms with van der Waals surface area (Å²) in [6.45, 7) is 0.696. The van der Waals surface area contributed by atoms with Gasteiger partial charge in [0.15, 0.2) is 11.6 Å². The number of carbonyl (C=O) groups excluding carboxylic acids is 2. The summed E-state index contributed by atoms with van der Waals surface area (Å²) in [6, 6.07) is 10.8. The standard InChI is InChI=1S/C19H17ClF2N2O2/c20-15-11-17(22)16(21)10-14(15)19(26)24-8-6-12(7-9-24)18(25)23-13-4-2-1-3-5-13/h1-5,10-12H,6-9H2,(H,23,25). The second-order valence-electron chi connectivity index (χ2n) is 6.17. The highest BCUT2D eigenvalue weighted by atomic mass is 35.5. The molecule has 0 unspecified atom stereocenters. The molecular formula is C19H17ClF2N2O2. The van der Waals surface area contributed by atoms with Crippen LogP contribution < -0.4 is 5.32 Å². The van der Waals surface area contributed by atoms with E-state index < -0.39 is 17.5 Å². The minimum atomic E-state index is -1.12. The molecule has 136 valence electrons. The Hall–Kier alpha value is -2.47. The van der Waals surface area contributed by atoms with E-state index >= 15 is 0 Å². The normalized spacial score (nSPS) is 15.0. The Morgan fingerprint density at radius 3 is 2.31 bits per heavy atom. The number of likely N-dealkylation sites (tertiary alicyclic amines) is 1. The van der Waals surface area contributed by atoms with Crippen LogP contribution in [-0.2, 0) is 4.79 Å². The Balaban J connectivity index is 1.60. The first-order valence-electron chi connectivity index (χ1n) is 8.25. The van der Waals surface area contributed by atoms with Crippen LogP contribution in [0.1, 0.15) is 23.2 Å². The fraction of sp³-hybridized carbons (Fsp3) is 0.263. The molecule has 0 spiro atoms. The van der Waals surface area contributed by atoms with Crippen molar-refractivity contribution in [2.75, 3.05) is 18.4 Å². The van der Waals surface area contributed by atoms with Crippen LogP contribution in [0.2, 0.25) is 5.02 Å². The van der Waals surface area contributed by atoms with Gasteiger partial charge in [0.1, 0.15) is 0 Å². The van der Waals surface area contributed by atoms with Crippen LogP contribution in [0.4, 0.5) is 14.5 Å². The number of rotatable bonds is 3. The van der Waals surface area contributed by atoms with E-state index in [0.29, 0.717) is 25.9 Å². The molecule has 0 aromatic heterocycles. The number of amides is 2. The number of anilines is 1. The average Bonchev–Trinajstić information content (AvgIpc) is 2.65. The van der Waals surface area contributed by atoms with Crippen LogP contribution >= 0.6 is 11.6 Å². The van der Waals surface area contributed by atoms with Crippen LogP contribution in [0, 0.1) is 17.6 Å². The zero-order valence-electron chi connectivity index (χ0n) is 13.8. The van der Waals surface area contributed by atoms with Gasteiger partial charge in [-0.3, -0.25) is 9.59 Å². The van der Waals surface area contributed by atoms with Crippen molar-refractivity contribution in [3.05, 3.63) is 64.7 Å². The first-order valence-corrected chi connectivity index (χ1v) is 8.63. The van der Waals surface area contributed by atoms with Gasteiger partial charge in [-0.1, -0.05) is 29.8 Å². The largest absolute Gasteiger partial charge is 0.339 e. The first-order chi connectivity index (χ1) is 12.5. The maximum atomic E-state index is 13.4. The number of benzene rings is 2. The van der Waals surface area contributed by atoms with Gasteiger partial charge in [-0.25, -0.2) is 8.78 Å². The van der Waals surface area contributed by atoms with Crippen molar-refractivity contribution >= 4 is 29.1 Å². The lowest BCUT2D eigenvalue weighted by molar-refractivity contribution is -0.121. The summed E-state index contributed by atoms with van der Waals surface area (Å²) in [5.74, 6) is -2.97. The van der Waals surface area contributed by atoms with Gasteiger partial charge < -0.3 is 10.2 Å². The molecule has 1 heterocycles. The lowest BCUT2D eigenvalue weighted by Crippen LogP contribution is -2.41. The Bertz CT molecular complexity index is 822. The number of piperidine rings is 1. The summed E-state index contributed by atoms with van der Waals surface area (Å²) in [5.41, 5.74) is 0.655. The minimum absolute atomic E-state index is 0.0715. The van der Waals surface area contributed by atoms with Gasteiger partial charge in [0.05, 0.1) is 10.6 Å². The van der Waals surface area contributed by atoms with Gasteiger partial charge in [-0.15, -0.1) is 0 Å². The van der Waals surface area contributed by atoms with Crippen molar-refractivity contribution in [3.63, 3.8) is 0 Å². The fourth-order valence-electron chi connectivity index (χ4n) is 2.97. The number of para-hydroxylation sites is 1. The molecule has 0 saturated carbocycles. The summed E-state index contributed by atoms with van der Waals surface area (Å²) in [7, 11) is 0. The lowest BCUT2D eigenvalue weighted by Gasteiger charge is -2.31. The number of hydrogen-bond acceptors (Lipinski definition) is 2. The molecule has 0 aliphatic carbocycles. The van der Waals surface area contributed by atoms with Gasteiger partial charge in [0.25, 0.3) is 5.91 Å².